The third-order valence-corrected chi connectivity index (χ3v) is 6.89. The number of nitrogens with one attached hydrogen (secondary N) is 1. The zero-order chi connectivity index (χ0) is 25.8. The van der Waals surface area contributed by atoms with Crippen molar-refractivity contribution in [3.63, 3.8) is 0 Å². The van der Waals surface area contributed by atoms with E-state index in [0.29, 0.717) is 44.8 Å². The quantitative estimate of drug-likeness (QED) is 0.511. The number of allylic oxidation sites excluding steroid dienone is 1. The fourth-order valence-corrected chi connectivity index (χ4v) is 4.71. The van der Waals surface area contributed by atoms with Gasteiger partial charge in [0.15, 0.2) is 0 Å². The van der Waals surface area contributed by atoms with E-state index in [1.807, 2.05) is 16.7 Å². The fraction of sp³-hybridized carbons (Fsp3) is 0.370. The molecule has 2 aromatic rings. The van der Waals surface area contributed by atoms with Crippen LogP contribution in [0, 0.1) is 5.92 Å². The van der Waals surface area contributed by atoms with Crippen LogP contribution in [0.15, 0.2) is 49.0 Å². The second-order valence-corrected chi connectivity index (χ2v) is 9.50. The number of piperazine rings is 1. The number of aromatic hydroxyl groups is 1. The van der Waals surface area contributed by atoms with Gasteiger partial charge in [0, 0.05) is 44.1 Å². The summed E-state index contributed by atoms with van der Waals surface area (Å²) in [7, 11) is 0. The Bertz CT molecular complexity index is 1160. The summed E-state index contributed by atoms with van der Waals surface area (Å²) in [6.45, 7) is 10.3. The minimum absolute atomic E-state index is 0.0459. The third kappa shape index (κ3) is 5.85. The van der Waals surface area contributed by atoms with Crippen LogP contribution in [0.25, 0.3) is 5.57 Å². The lowest BCUT2D eigenvalue weighted by molar-refractivity contribution is -0.132. The highest BCUT2D eigenvalue weighted by atomic mass is 16.3. The molecule has 9 heteroatoms. The Kier molecular flexibility index (Phi) is 7.59. The van der Waals surface area contributed by atoms with Gasteiger partial charge in [-0.05, 0) is 55.8 Å². The van der Waals surface area contributed by atoms with Gasteiger partial charge < -0.3 is 26.0 Å². The maximum Gasteiger partial charge on any atom is 0.252 e. The first kappa shape index (κ1) is 25.2. The first-order valence-corrected chi connectivity index (χ1v) is 12.2. The number of anilines is 2. The first-order chi connectivity index (χ1) is 17.2. The van der Waals surface area contributed by atoms with Crippen molar-refractivity contribution >= 4 is 34.7 Å². The van der Waals surface area contributed by atoms with Gasteiger partial charge >= 0.3 is 0 Å². The largest absolute Gasteiger partial charge is 0.507 e. The number of nitrogens with two attached hydrogens (primary N) is 1. The number of phenols is 1. The molecule has 2 aliphatic rings. The van der Waals surface area contributed by atoms with Gasteiger partial charge in [-0.3, -0.25) is 19.3 Å². The molecule has 0 bridgehead atoms. The van der Waals surface area contributed by atoms with Gasteiger partial charge in [0.05, 0.1) is 18.0 Å². The average molecular weight is 492 g/mol. The molecule has 36 heavy (non-hydrogen) atoms. The van der Waals surface area contributed by atoms with Gasteiger partial charge in [-0.2, -0.15) is 0 Å². The highest BCUT2D eigenvalue weighted by molar-refractivity contribution is 5.99. The summed E-state index contributed by atoms with van der Waals surface area (Å²) in [6, 6.07) is 12.6. The molecular weight excluding hydrogens is 458 g/mol. The Morgan fingerprint density at radius 1 is 1.06 bits per heavy atom. The van der Waals surface area contributed by atoms with Crippen LogP contribution in [0.1, 0.15) is 29.3 Å². The van der Waals surface area contributed by atoms with E-state index in [9.17, 15) is 19.5 Å². The fourth-order valence-electron chi connectivity index (χ4n) is 4.71. The second-order valence-electron chi connectivity index (χ2n) is 9.50. The molecule has 0 radical (unpaired) electrons. The molecule has 0 saturated carbocycles. The Morgan fingerprint density at radius 3 is 2.39 bits per heavy atom. The van der Waals surface area contributed by atoms with Crippen LogP contribution in [0.5, 0.6) is 5.75 Å². The normalized spacial score (nSPS) is 18.2. The maximum absolute atomic E-state index is 12.9. The van der Waals surface area contributed by atoms with Crippen molar-refractivity contribution < 1.29 is 19.5 Å². The molecule has 0 aliphatic carbocycles. The third-order valence-electron chi connectivity index (χ3n) is 6.89. The number of benzene rings is 2. The molecule has 4 N–H and O–H groups in total. The van der Waals surface area contributed by atoms with Crippen LogP contribution < -0.4 is 16.0 Å². The maximum atomic E-state index is 12.9. The second kappa shape index (κ2) is 10.8. The molecule has 9 nitrogen and oxygen atoms in total. The number of hydrogen-bond acceptors (Lipinski definition) is 6. The number of likely N-dealkylation sites (tertiary alicyclic amines) is 1. The lowest BCUT2D eigenvalue weighted by atomic mass is 10.1. The summed E-state index contributed by atoms with van der Waals surface area (Å²) in [5.74, 6) is -1.36. The molecule has 0 unspecified atom stereocenters. The Morgan fingerprint density at radius 2 is 1.75 bits per heavy atom. The summed E-state index contributed by atoms with van der Waals surface area (Å²) in [5.41, 5.74) is 8.92. The molecule has 3 amide bonds. The van der Waals surface area contributed by atoms with Crippen LogP contribution in [-0.2, 0) is 9.59 Å². The SMILES string of the molecule is C=C(C)c1ccc(N2CCN(C(=O)CN3CC[C@@H](C(=O)Nc4ccc(O)c(C(N)=O)c4)C3)CC2)cc1. The predicted octanol–water partition coefficient (Wildman–Crippen LogP) is 2.13. The number of carbonyl (C=O) groups excluding carboxylic acids is 3. The monoisotopic (exact) mass is 491 g/mol. The highest BCUT2D eigenvalue weighted by Crippen LogP contribution is 2.24. The Balaban J connectivity index is 1.24. The van der Waals surface area contributed by atoms with Crippen LogP contribution >= 0.6 is 0 Å². The molecule has 2 aliphatic heterocycles. The molecule has 2 fully saturated rings. The molecule has 190 valence electrons. The van der Waals surface area contributed by atoms with E-state index >= 15 is 0 Å². The number of hydrogen-bond donors (Lipinski definition) is 3. The lowest BCUT2D eigenvalue weighted by Gasteiger charge is -2.36. The van der Waals surface area contributed by atoms with Crippen molar-refractivity contribution in [1.29, 1.82) is 0 Å². The Labute approximate surface area is 211 Å². The van der Waals surface area contributed by atoms with Gasteiger partial charge in [0.25, 0.3) is 5.91 Å². The van der Waals surface area contributed by atoms with Crippen LogP contribution in [0.4, 0.5) is 11.4 Å². The van der Waals surface area contributed by atoms with Gasteiger partial charge in [0.2, 0.25) is 11.8 Å². The van der Waals surface area contributed by atoms with E-state index in [1.165, 1.54) is 18.2 Å². The standard InChI is InChI=1S/C27H33N5O4/c1-18(2)19-3-6-22(7-4-19)31-11-13-32(14-12-31)25(34)17-30-10-9-20(16-30)27(36)29-21-5-8-24(33)23(15-21)26(28)35/h3-8,15,20,33H,1,9-14,16-17H2,2H3,(H2,28,35)(H,29,36)/t20-/m1/s1. The van der Waals surface area contributed by atoms with Crippen molar-refractivity contribution in [2.75, 3.05) is 56.0 Å². The van der Waals surface area contributed by atoms with Crippen molar-refractivity contribution in [2.45, 2.75) is 13.3 Å². The molecule has 2 aromatic carbocycles. The molecule has 0 aromatic heterocycles. The Hall–Kier alpha value is -3.85. The van der Waals surface area contributed by atoms with E-state index in [4.69, 9.17) is 5.73 Å². The van der Waals surface area contributed by atoms with Gasteiger partial charge in [-0.15, -0.1) is 0 Å². The number of primary amides is 1. The molecule has 0 spiro atoms. The zero-order valence-electron chi connectivity index (χ0n) is 20.6. The number of rotatable bonds is 7. The molecule has 2 saturated heterocycles. The van der Waals surface area contributed by atoms with Crippen LogP contribution in [0.3, 0.4) is 0 Å². The average Bonchev–Trinajstić information content (AvgIpc) is 3.34. The van der Waals surface area contributed by atoms with Crippen molar-refractivity contribution in [1.82, 2.24) is 9.80 Å². The summed E-state index contributed by atoms with van der Waals surface area (Å²) < 4.78 is 0. The van der Waals surface area contributed by atoms with Gasteiger partial charge in [0.1, 0.15) is 5.75 Å². The van der Waals surface area contributed by atoms with Gasteiger partial charge in [-0.25, -0.2) is 0 Å². The van der Waals surface area contributed by atoms with E-state index < -0.39 is 5.91 Å². The van der Waals surface area contributed by atoms with Crippen LogP contribution in [-0.4, -0.2) is 78.4 Å². The van der Waals surface area contributed by atoms with Crippen molar-refractivity contribution in [2.24, 2.45) is 11.7 Å². The first-order valence-electron chi connectivity index (χ1n) is 12.2. The van der Waals surface area contributed by atoms with Crippen LogP contribution in [0.2, 0.25) is 0 Å². The van der Waals surface area contributed by atoms with E-state index in [-0.39, 0.29) is 29.0 Å². The zero-order valence-corrected chi connectivity index (χ0v) is 20.6. The minimum atomic E-state index is -0.768. The smallest absolute Gasteiger partial charge is 0.252 e. The van der Waals surface area contributed by atoms with Crippen molar-refractivity contribution in [3.8, 4) is 5.75 Å². The van der Waals surface area contributed by atoms with E-state index in [2.05, 4.69) is 41.1 Å². The summed E-state index contributed by atoms with van der Waals surface area (Å²) in [6.07, 6.45) is 0.647. The lowest BCUT2D eigenvalue weighted by Crippen LogP contribution is -2.51. The molecular formula is C27H33N5O4. The topological polar surface area (TPSA) is 119 Å². The number of nitrogens with zero attached hydrogens (tertiary/aromatic N) is 3. The minimum Gasteiger partial charge on any atom is -0.507 e. The summed E-state index contributed by atoms with van der Waals surface area (Å²) in [4.78, 5) is 43.2. The van der Waals surface area contributed by atoms with E-state index in [1.54, 1.807) is 0 Å². The summed E-state index contributed by atoms with van der Waals surface area (Å²) >= 11 is 0. The van der Waals surface area contributed by atoms with Crippen molar-refractivity contribution in [3.05, 3.63) is 60.2 Å². The van der Waals surface area contributed by atoms with E-state index in [0.717, 1.165) is 29.9 Å². The molecule has 2 heterocycles. The molecule has 4 rings (SSSR count). The number of carbonyl (C=O) groups is 3. The van der Waals surface area contributed by atoms with Gasteiger partial charge in [-0.1, -0.05) is 24.3 Å². The highest BCUT2D eigenvalue weighted by Gasteiger charge is 2.31. The predicted molar refractivity (Wildman–Crippen MR) is 140 cm³/mol. The number of amides is 3. The molecule has 1 atom stereocenters. The summed E-state index contributed by atoms with van der Waals surface area (Å²) in [5, 5.41) is 12.5.